The van der Waals surface area contributed by atoms with Crippen molar-refractivity contribution in [3.8, 4) is 5.75 Å². The largest absolute Gasteiger partial charge is 0.507 e. The summed E-state index contributed by atoms with van der Waals surface area (Å²) < 4.78 is 90.6. The molecule has 10 nitrogen and oxygen atoms in total. The number of hydrogen-bond donors (Lipinski definition) is 4. The molecule has 0 amide bonds. The maximum Gasteiger partial charge on any atom is 0.295 e. The molecule has 0 fully saturated rings. The van der Waals surface area contributed by atoms with Crippen molar-refractivity contribution in [3.05, 3.63) is 36.4 Å². The molecule has 0 bridgehead atoms. The number of primary sulfonamides is 1. The van der Waals surface area contributed by atoms with Crippen molar-refractivity contribution in [2.45, 2.75) is 14.7 Å². The molecule has 5 N–H and O–H groups in total. The molecular weight excluding hydrogens is 446 g/mol. The van der Waals surface area contributed by atoms with E-state index in [1.54, 1.807) is 0 Å². The van der Waals surface area contributed by atoms with Gasteiger partial charge in [0.2, 0.25) is 10.0 Å². The predicted molar refractivity (Wildman–Crippen MR) is 103 cm³/mol. The zero-order valence-electron chi connectivity index (χ0n) is 14.1. The summed E-state index contributed by atoms with van der Waals surface area (Å²) in [5, 5.41) is 15.2. The van der Waals surface area contributed by atoms with Crippen LogP contribution >= 0.6 is 0 Å². The molecule has 4 aromatic rings. The third-order valence-corrected chi connectivity index (χ3v) is 7.36. The van der Waals surface area contributed by atoms with Crippen LogP contribution in [0, 0.1) is 0 Å². The first-order valence-electron chi connectivity index (χ1n) is 7.66. The van der Waals surface area contributed by atoms with E-state index in [1.165, 1.54) is 24.3 Å². The molecule has 4 rings (SSSR count). The Kier molecular flexibility index (Phi) is 3.91. The Morgan fingerprint density at radius 3 is 1.41 bits per heavy atom. The fourth-order valence-corrected chi connectivity index (χ4v) is 5.80. The van der Waals surface area contributed by atoms with E-state index < -0.39 is 50.7 Å². The van der Waals surface area contributed by atoms with Gasteiger partial charge in [0.1, 0.15) is 15.5 Å². The molecular formula is C16H11NO9S3. The fourth-order valence-electron chi connectivity index (χ4n) is 3.54. The van der Waals surface area contributed by atoms with Crippen LogP contribution < -0.4 is 5.14 Å². The van der Waals surface area contributed by atoms with Gasteiger partial charge in [-0.25, -0.2) is 13.6 Å². The molecule has 0 aliphatic carbocycles. The van der Waals surface area contributed by atoms with Crippen molar-refractivity contribution in [1.82, 2.24) is 0 Å². The van der Waals surface area contributed by atoms with E-state index in [-0.39, 0.29) is 32.3 Å². The molecule has 4 aromatic carbocycles. The standard InChI is InChI=1S/C16H11NO9S3/c17-27(19,20)12-5-11(18)7-1-2-9-13(28(21,22)23)6-14(29(24,25)26)10-4-3-8(12)15(7)16(9)10/h1-6,18H,(H2,17,19,20)(H,21,22,23)(H,24,25,26). The maximum absolute atomic E-state index is 12.0. The predicted octanol–water partition coefficient (Wildman–Crippen LogP) is 1.43. The van der Waals surface area contributed by atoms with E-state index in [2.05, 4.69) is 0 Å². The summed E-state index contributed by atoms with van der Waals surface area (Å²) in [7, 11) is -14.2. The van der Waals surface area contributed by atoms with E-state index in [0.717, 1.165) is 6.07 Å². The highest BCUT2D eigenvalue weighted by molar-refractivity contribution is 7.89. The first-order chi connectivity index (χ1) is 13.2. The molecule has 0 saturated carbocycles. The van der Waals surface area contributed by atoms with Crippen LogP contribution in [0.1, 0.15) is 0 Å². The molecule has 0 unspecified atom stereocenters. The summed E-state index contributed by atoms with van der Waals surface area (Å²) in [5.74, 6) is -0.499. The topological polar surface area (TPSA) is 189 Å². The van der Waals surface area contributed by atoms with Crippen LogP contribution in [0.15, 0.2) is 51.1 Å². The number of phenols is 1. The molecule has 0 aliphatic rings. The van der Waals surface area contributed by atoms with Crippen LogP contribution in [0.4, 0.5) is 0 Å². The summed E-state index contributed by atoms with van der Waals surface area (Å²) in [4.78, 5) is -2.09. The molecule has 0 saturated heterocycles. The van der Waals surface area contributed by atoms with Gasteiger partial charge in [-0.05, 0) is 12.1 Å². The highest BCUT2D eigenvalue weighted by Gasteiger charge is 2.27. The average molecular weight is 457 g/mol. The lowest BCUT2D eigenvalue weighted by Gasteiger charge is -2.17. The number of phenolic OH excluding ortho intramolecular Hbond substituents is 1. The third-order valence-electron chi connectivity index (χ3n) is 4.63. The van der Waals surface area contributed by atoms with E-state index in [4.69, 9.17) is 5.14 Å². The van der Waals surface area contributed by atoms with Gasteiger partial charge in [0.05, 0.1) is 4.90 Å². The second-order valence-electron chi connectivity index (χ2n) is 6.33. The van der Waals surface area contributed by atoms with Gasteiger partial charge < -0.3 is 5.11 Å². The van der Waals surface area contributed by atoms with Gasteiger partial charge in [0, 0.05) is 38.4 Å². The summed E-state index contributed by atoms with van der Waals surface area (Å²) >= 11 is 0. The normalized spacial score (nSPS) is 13.6. The fraction of sp³-hybridized carbons (Fsp3) is 0. The average Bonchev–Trinajstić information content (AvgIpc) is 2.57. The molecule has 0 atom stereocenters. The van der Waals surface area contributed by atoms with E-state index in [1.807, 2.05) is 0 Å². The van der Waals surface area contributed by atoms with Crippen LogP contribution in [-0.4, -0.2) is 39.5 Å². The van der Waals surface area contributed by atoms with Crippen molar-refractivity contribution in [3.63, 3.8) is 0 Å². The van der Waals surface area contributed by atoms with Gasteiger partial charge in [-0.2, -0.15) is 16.8 Å². The van der Waals surface area contributed by atoms with E-state index in [9.17, 15) is 39.5 Å². The number of hydrogen-bond acceptors (Lipinski definition) is 7. The van der Waals surface area contributed by atoms with Gasteiger partial charge in [0.15, 0.2) is 0 Å². The van der Waals surface area contributed by atoms with Gasteiger partial charge in [-0.15, -0.1) is 0 Å². The number of sulfonamides is 1. The minimum absolute atomic E-state index is 0.000532. The summed E-state index contributed by atoms with van der Waals surface area (Å²) in [5.41, 5.74) is 0. The number of aromatic hydroxyl groups is 1. The first-order valence-corrected chi connectivity index (χ1v) is 12.1. The first kappa shape index (κ1) is 19.8. The molecule has 0 aromatic heterocycles. The monoisotopic (exact) mass is 457 g/mol. The Bertz CT molecular complexity index is 1620. The van der Waals surface area contributed by atoms with Crippen molar-refractivity contribution in [1.29, 1.82) is 0 Å². The lowest BCUT2D eigenvalue weighted by Crippen LogP contribution is -2.13. The smallest absolute Gasteiger partial charge is 0.295 e. The highest BCUT2D eigenvalue weighted by atomic mass is 32.2. The molecule has 0 spiro atoms. The lowest BCUT2D eigenvalue weighted by atomic mass is 9.94. The number of benzene rings is 4. The Morgan fingerprint density at radius 1 is 0.621 bits per heavy atom. The zero-order valence-corrected chi connectivity index (χ0v) is 16.5. The van der Waals surface area contributed by atoms with Crippen molar-refractivity contribution >= 4 is 62.6 Å². The maximum atomic E-state index is 12.0. The van der Waals surface area contributed by atoms with Crippen molar-refractivity contribution in [2.24, 2.45) is 5.14 Å². The lowest BCUT2D eigenvalue weighted by molar-refractivity contribution is 0.479. The van der Waals surface area contributed by atoms with Gasteiger partial charge in [-0.1, -0.05) is 18.2 Å². The van der Waals surface area contributed by atoms with Crippen LogP contribution in [0.3, 0.4) is 0 Å². The Labute approximate surface area is 164 Å². The Balaban J connectivity index is 2.47. The second-order valence-corrected chi connectivity index (χ2v) is 10.6. The van der Waals surface area contributed by atoms with Crippen LogP contribution in [0.25, 0.3) is 32.3 Å². The minimum Gasteiger partial charge on any atom is -0.507 e. The van der Waals surface area contributed by atoms with Gasteiger partial charge in [-0.3, -0.25) is 9.11 Å². The molecule has 13 heteroatoms. The summed E-state index contributed by atoms with van der Waals surface area (Å²) in [6.45, 7) is 0. The summed E-state index contributed by atoms with van der Waals surface area (Å²) in [6.07, 6.45) is 0. The van der Waals surface area contributed by atoms with Crippen molar-refractivity contribution < 1.29 is 39.5 Å². The zero-order chi connectivity index (χ0) is 21.5. The quantitative estimate of drug-likeness (QED) is 0.260. The third kappa shape index (κ3) is 2.90. The van der Waals surface area contributed by atoms with Crippen LogP contribution in [0.5, 0.6) is 5.75 Å². The molecule has 0 aliphatic heterocycles. The Morgan fingerprint density at radius 2 is 1.00 bits per heavy atom. The molecule has 0 radical (unpaired) electrons. The second kappa shape index (κ2) is 5.75. The molecule has 0 heterocycles. The number of nitrogens with two attached hydrogens (primary N) is 1. The van der Waals surface area contributed by atoms with Gasteiger partial charge in [0.25, 0.3) is 20.2 Å². The minimum atomic E-state index is -4.94. The molecule has 152 valence electrons. The van der Waals surface area contributed by atoms with Gasteiger partial charge >= 0.3 is 0 Å². The Hall–Kier alpha value is -2.55. The van der Waals surface area contributed by atoms with Crippen molar-refractivity contribution in [2.75, 3.05) is 0 Å². The van der Waals surface area contributed by atoms with Crippen LogP contribution in [0.2, 0.25) is 0 Å². The van der Waals surface area contributed by atoms with E-state index in [0.29, 0.717) is 6.07 Å². The number of rotatable bonds is 3. The molecule has 29 heavy (non-hydrogen) atoms. The summed E-state index contributed by atoms with van der Waals surface area (Å²) in [6, 6.07) is 6.43. The SMILES string of the molecule is NS(=O)(=O)c1cc(O)c2ccc3c(S(=O)(=O)O)cc(S(=O)(=O)O)c4ccc1c2c34. The van der Waals surface area contributed by atoms with Crippen LogP contribution in [-0.2, 0) is 30.3 Å². The highest BCUT2D eigenvalue weighted by Crippen LogP contribution is 2.44. The van der Waals surface area contributed by atoms with E-state index >= 15 is 0 Å².